The van der Waals surface area contributed by atoms with Crippen molar-refractivity contribution in [3.05, 3.63) is 59.2 Å². The first kappa shape index (κ1) is 20.6. The maximum atomic E-state index is 13.4. The van der Waals surface area contributed by atoms with E-state index in [9.17, 15) is 18.0 Å². The van der Waals surface area contributed by atoms with E-state index in [0.29, 0.717) is 37.9 Å². The smallest absolute Gasteiger partial charge is 0.337 e. The number of sulfonamides is 1. The Morgan fingerprint density at radius 3 is 2.50 bits per heavy atom. The van der Waals surface area contributed by atoms with Crippen molar-refractivity contribution in [1.82, 2.24) is 4.31 Å². The summed E-state index contributed by atoms with van der Waals surface area (Å²) in [7, 11) is -2.43. The van der Waals surface area contributed by atoms with E-state index in [1.54, 1.807) is 47.4 Å². The number of aryl methyl sites for hydroxylation is 1. The van der Waals surface area contributed by atoms with Crippen LogP contribution in [0.1, 0.15) is 34.3 Å². The van der Waals surface area contributed by atoms with Crippen LogP contribution in [0.3, 0.4) is 0 Å². The zero-order chi connectivity index (χ0) is 21.5. The Hall–Kier alpha value is -2.71. The van der Waals surface area contributed by atoms with Crippen LogP contribution in [0.25, 0.3) is 0 Å². The molecule has 0 aliphatic carbocycles. The van der Waals surface area contributed by atoms with Gasteiger partial charge < -0.3 is 9.64 Å². The molecule has 2 aliphatic heterocycles. The number of rotatable bonds is 4. The maximum Gasteiger partial charge on any atom is 0.337 e. The molecule has 1 atom stereocenters. The van der Waals surface area contributed by atoms with Gasteiger partial charge in [-0.1, -0.05) is 17.7 Å². The van der Waals surface area contributed by atoms with Gasteiger partial charge in [0.25, 0.3) is 0 Å². The van der Waals surface area contributed by atoms with Gasteiger partial charge in [0, 0.05) is 18.8 Å². The average molecular weight is 429 g/mol. The third-order valence-electron chi connectivity index (χ3n) is 5.78. The minimum absolute atomic E-state index is 0.206. The van der Waals surface area contributed by atoms with Crippen molar-refractivity contribution in [2.75, 3.05) is 25.1 Å². The highest BCUT2D eigenvalue weighted by atomic mass is 32.2. The van der Waals surface area contributed by atoms with Crippen molar-refractivity contribution in [2.45, 2.75) is 37.1 Å². The number of carbonyl (C=O) groups excluding carboxylic acids is 2. The van der Waals surface area contributed by atoms with Gasteiger partial charge in [0.05, 0.1) is 17.6 Å². The Kier molecular flexibility index (Phi) is 5.38. The molecule has 1 saturated heterocycles. The molecule has 0 saturated carbocycles. The number of anilines is 1. The van der Waals surface area contributed by atoms with Crippen molar-refractivity contribution >= 4 is 27.6 Å². The molecule has 1 fully saturated rings. The summed E-state index contributed by atoms with van der Waals surface area (Å²) in [5, 5.41) is 0. The first-order valence-electron chi connectivity index (χ1n) is 9.94. The minimum Gasteiger partial charge on any atom is -0.465 e. The molecular formula is C22H24N2O5S. The summed E-state index contributed by atoms with van der Waals surface area (Å²) in [6.45, 7) is 2.69. The Morgan fingerprint density at radius 1 is 1.07 bits per heavy atom. The van der Waals surface area contributed by atoms with Crippen LogP contribution in [-0.4, -0.2) is 50.8 Å². The van der Waals surface area contributed by atoms with E-state index in [4.69, 9.17) is 4.74 Å². The van der Waals surface area contributed by atoms with E-state index in [1.807, 2.05) is 6.92 Å². The Labute approximate surface area is 176 Å². The molecule has 0 aromatic heterocycles. The zero-order valence-corrected chi connectivity index (χ0v) is 17.8. The standard InChI is InChI=1S/C22H24N2O5S/c1-15-5-8-18(9-6-15)30(27,28)24-12-3-4-20(24)21(25)23-13-11-16-14-17(22(26)29-2)7-10-19(16)23/h5-10,14,20H,3-4,11-13H2,1-2H3/t20-/m0/s1. The van der Waals surface area contributed by atoms with E-state index in [2.05, 4.69) is 0 Å². The molecule has 2 aromatic rings. The van der Waals surface area contributed by atoms with Crippen molar-refractivity contribution in [3.8, 4) is 0 Å². The lowest BCUT2D eigenvalue weighted by molar-refractivity contribution is -0.121. The van der Waals surface area contributed by atoms with Crippen molar-refractivity contribution < 1.29 is 22.7 Å². The fourth-order valence-corrected chi connectivity index (χ4v) is 5.83. The summed E-state index contributed by atoms with van der Waals surface area (Å²) in [6.07, 6.45) is 1.75. The second kappa shape index (κ2) is 7.85. The zero-order valence-electron chi connectivity index (χ0n) is 17.0. The molecule has 1 amide bonds. The monoisotopic (exact) mass is 428 g/mol. The molecule has 158 valence electrons. The second-order valence-electron chi connectivity index (χ2n) is 7.66. The summed E-state index contributed by atoms with van der Waals surface area (Å²) in [5.74, 6) is -0.638. The van der Waals surface area contributed by atoms with Crippen molar-refractivity contribution in [2.24, 2.45) is 0 Å². The van der Waals surface area contributed by atoms with Gasteiger partial charge in [0.15, 0.2) is 0 Å². The Bertz CT molecular complexity index is 1100. The third kappa shape index (κ3) is 3.50. The van der Waals surface area contributed by atoms with Crippen LogP contribution in [-0.2, 0) is 26.0 Å². The second-order valence-corrected chi connectivity index (χ2v) is 9.55. The SMILES string of the molecule is COC(=O)c1ccc2c(c1)CCN2C(=O)[C@@H]1CCCN1S(=O)(=O)c1ccc(C)cc1. The van der Waals surface area contributed by atoms with Crippen molar-refractivity contribution in [3.63, 3.8) is 0 Å². The van der Waals surface area contributed by atoms with E-state index in [0.717, 1.165) is 16.8 Å². The topological polar surface area (TPSA) is 84.0 Å². The van der Waals surface area contributed by atoms with Crippen LogP contribution in [0.15, 0.2) is 47.4 Å². The molecule has 2 aliphatic rings. The summed E-state index contributed by atoms with van der Waals surface area (Å²) >= 11 is 0. The van der Waals surface area contributed by atoms with E-state index in [-0.39, 0.29) is 10.8 Å². The molecule has 4 rings (SSSR count). The predicted octanol–water partition coefficient (Wildman–Crippen LogP) is 2.52. The molecule has 30 heavy (non-hydrogen) atoms. The van der Waals surface area contributed by atoms with Gasteiger partial charge in [-0.3, -0.25) is 4.79 Å². The first-order valence-corrected chi connectivity index (χ1v) is 11.4. The number of ether oxygens (including phenoxy) is 1. The summed E-state index contributed by atoms with van der Waals surface area (Å²) in [6, 6.07) is 11.1. The van der Waals surface area contributed by atoms with Gasteiger partial charge in [0.2, 0.25) is 15.9 Å². The fraction of sp³-hybridized carbons (Fsp3) is 0.364. The number of nitrogens with zero attached hydrogens (tertiary/aromatic N) is 2. The first-order chi connectivity index (χ1) is 14.3. The average Bonchev–Trinajstić information content (AvgIpc) is 3.40. The molecule has 0 N–H and O–H groups in total. The Morgan fingerprint density at radius 2 is 1.80 bits per heavy atom. The van der Waals surface area contributed by atoms with Gasteiger partial charge in [-0.2, -0.15) is 4.31 Å². The lowest BCUT2D eigenvalue weighted by Crippen LogP contribution is -2.47. The highest BCUT2D eigenvalue weighted by Crippen LogP contribution is 2.33. The number of methoxy groups -OCH3 is 1. The molecule has 0 radical (unpaired) electrons. The van der Waals surface area contributed by atoms with Crippen molar-refractivity contribution in [1.29, 1.82) is 0 Å². The van der Waals surface area contributed by atoms with Gasteiger partial charge >= 0.3 is 5.97 Å². The molecule has 0 unspecified atom stereocenters. The van der Waals surface area contributed by atoms with E-state index in [1.165, 1.54) is 11.4 Å². The summed E-state index contributed by atoms with van der Waals surface area (Å²) in [4.78, 5) is 27.0. The number of benzene rings is 2. The molecule has 2 aromatic carbocycles. The molecular weight excluding hydrogens is 404 g/mol. The normalized spacial score (nSPS) is 19.0. The quantitative estimate of drug-likeness (QED) is 0.699. The van der Waals surface area contributed by atoms with Gasteiger partial charge in [-0.05, 0) is 62.1 Å². The predicted molar refractivity (Wildman–Crippen MR) is 112 cm³/mol. The maximum absolute atomic E-state index is 13.4. The van der Waals surface area contributed by atoms with Gasteiger partial charge in [-0.15, -0.1) is 0 Å². The number of carbonyl (C=O) groups is 2. The van der Waals surface area contributed by atoms with Gasteiger partial charge in [0.1, 0.15) is 6.04 Å². The third-order valence-corrected chi connectivity index (χ3v) is 7.70. The van der Waals surface area contributed by atoms with E-state index < -0.39 is 22.0 Å². The fourth-order valence-electron chi connectivity index (χ4n) is 4.18. The number of amides is 1. The van der Waals surface area contributed by atoms with Crippen LogP contribution < -0.4 is 4.90 Å². The summed E-state index contributed by atoms with van der Waals surface area (Å²) in [5.41, 5.74) is 3.03. The van der Waals surface area contributed by atoms with Gasteiger partial charge in [-0.25, -0.2) is 13.2 Å². The van der Waals surface area contributed by atoms with Crippen LogP contribution in [0.5, 0.6) is 0 Å². The number of fused-ring (bicyclic) bond motifs is 1. The van der Waals surface area contributed by atoms with Crippen LogP contribution in [0.2, 0.25) is 0 Å². The molecule has 2 heterocycles. The minimum atomic E-state index is -3.75. The lowest BCUT2D eigenvalue weighted by Gasteiger charge is -2.27. The summed E-state index contributed by atoms with van der Waals surface area (Å²) < 4.78 is 32.4. The number of hydrogen-bond donors (Lipinski definition) is 0. The van der Waals surface area contributed by atoms with Crippen LogP contribution in [0, 0.1) is 6.92 Å². The number of hydrogen-bond acceptors (Lipinski definition) is 5. The highest BCUT2D eigenvalue weighted by molar-refractivity contribution is 7.89. The molecule has 8 heteroatoms. The molecule has 0 bridgehead atoms. The lowest BCUT2D eigenvalue weighted by atomic mass is 10.1. The number of esters is 1. The molecule has 7 nitrogen and oxygen atoms in total. The largest absolute Gasteiger partial charge is 0.465 e. The molecule has 0 spiro atoms. The van der Waals surface area contributed by atoms with E-state index >= 15 is 0 Å². The Balaban J connectivity index is 1.60. The van der Waals surface area contributed by atoms with Crippen LogP contribution in [0.4, 0.5) is 5.69 Å². The van der Waals surface area contributed by atoms with Crippen LogP contribution >= 0.6 is 0 Å². The highest BCUT2D eigenvalue weighted by Gasteiger charge is 2.42.